The molecule has 5 nitrogen and oxygen atoms in total. The summed E-state index contributed by atoms with van der Waals surface area (Å²) in [6.45, 7) is 0. The van der Waals surface area contributed by atoms with Gasteiger partial charge in [-0.05, 0) is 36.5 Å². The van der Waals surface area contributed by atoms with Crippen LogP contribution in [0.15, 0.2) is 24.3 Å². The van der Waals surface area contributed by atoms with Gasteiger partial charge in [0.2, 0.25) is 5.91 Å². The van der Waals surface area contributed by atoms with Crippen LogP contribution in [0.25, 0.3) is 0 Å². The third kappa shape index (κ3) is 5.91. The number of esters is 1. The van der Waals surface area contributed by atoms with Crippen molar-refractivity contribution in [3.05, 3.63) is 30.1 Å². The van der Waals surface area contributed by atoms with Crippen molar-refractivity contribution in [2.45, 2.75) is 12.8 Å². The van der Waals surface area contributed by atoms with E-state index >= 15 is 0 Å². The van der Waals surface area contributed by atoms with Gasteiger partial charge in [0.25, 0.3) is 0 Å². The van der Waals surface area contributed by atoms with E-state index in [4.69, 9.17) is 12.2 Å². The number of anilines is 1. The lowest BCUT2D eigenvalue weighted by atomic mass is 10.3. The Labute approximate surface area is 115 Å². The summed E-state index contributed by atoms with van der Waals surface area (Å²) in [6.07, 6.45) is -0.0284. The minimum absolute atomic E-state index is 0.0124. The number of hydrogen-bond donors (Lipinski definition) is 2. The lowest BCUT2D eigenvalue weighted by molar-refractivity contribution is -0.142. The third-order valence-corrected chi connectivity index (χ3v) is 2.34. The van der Waals surface area contributed by atoms with E-state index in [-0.39, 0.29) is 23.8 Å². The maximum absolute atomic E-state index is 12.7. The molecule has 0 saturated carbocycles. The summed E-state index contributed by atoms with van der Waals surface area (Å²) in [5.74, 6) is -1.23. The van der Waals surface area contributed by atoms with Crippen LogP contribution in [0, 0.1) is 5.82 Å². The number of amides is 1. The van der Waals surface area contributed by atoms with Gasteiger partial charge in [0.1, 0.15) is 5.82 Å². The van der Waals surface area contributed by atoms with Crippen molar-refractivity contribution in [1.82, 2.24) is 5.32 Å². The second-order valence-electron chi connectivity index (χ2n) is 3.59. The van der Waals surface area contributed by atoms with Gasteiger partial charge in [0.05, 0.1) is 13.5 Å². The lowest BCUT2D eigenvalue weighted by Gasteiger charge is -2.09. The largest absolute Gasteiger partial charge is 0.469 e. The van der Waals surface area contributed by atoms with Gasteiger partial charge in [-0.25, -0.2) is 4.39 Å². The molecule has 0 bridgehead atoms. The number of ether oxygens (including phenoxy) is 1. The molecule has 0 aromatic heterocycles. The number of halogens is 1. The first-order valence-corrected chi connectivity index (χ1v) is 5.85. The van der Waals surface area contributed by atoms with Crippen molar-refractivity contribution in [3.63, 3.8) is 0 Å². The summed E-state index contributed by atoms with van der Waals surface area (Å²) in [6, 6.07) is 5.51. The summed E-state index contributed by atoms with van der Waals surface area (Å²) in [7, 11) is 1.25. The Morgan fingerprint density at radius 2 is 1.89 bits per heavy atom. The predicted molar refractivity (Wildman–Crippen MR) is 72.0 cm³/mol. The SMILES string of the molecule is COC(=O)CCC(=O)NC(=S)Nc1ccc(F)cc1. The first-order chi connectivity index (χ1) is 9.01. The van der Waals surface area contributed by atoms with E-state index in [9.17, 15) is 14.0 Å². The summed E-state index contributed by atoms with van der Waals surface area (Å²) in [5, 5.41) is 5.21. The molecule has 1 amide bonds. The molecule has 0 heterocycles. The van der Waals surface area contributed by atoms with Crippen LogP contribution in [0.4, 0.5) is 10.1 Å². The number of hydrogen-bond acceptors (Lipinski definition) is 4. The standard InChI is InChI=1S/C12H13FN2O3S/c1-18-11(17)7-6-10(16)15-12(19)14-9-4-2-8(13)3-5-9/h2-5H,6-7H2,1H3,(H2,14,15,16,19). The highest BCUT2D eigenvalue weighted by molar-refractivity contribution is 7.80. The minimum Gasteiger partial charge on any atom is -0.469 e. The lowest BCUT2D eigenvalue weighted by Crippen LogP contribution is -2.34. The fraction of sp³-hybridized carbons (Fsp3) is 0.250. The highest BCUT2D eigenvalue weighted by Gasteiger charge is 2.08. The van der Waals surface area contributed by atoms with Gasteiger partial charge in [0.15, 0.2) is 5.11 Å². The van der Waals surface area contributed by atoms with Crippen LogP contribution in [0.2, 0.25) is 0 Å². The Morgan fingerprint density at radius 1 is 1.26 bits per heavy atom. The summed E-state index contributed by atoms with van der Waals surface area (Å²) >= 11 is 4.90. The Bertz CT molecular complexity index is 476. The Hall–Kier alpha value is -2.02. The Kier molecular flexibility index (Phi) is 5.87. The maximum atomic E-state index is 12.7. The van der Waals surface area contributed by atoms with Gasteiger partial charge < -0.3 is 15.4 Å². The van der Waals surface area contributed by atoms with Gasteiger partial charge in [-0.2, -0.15) is 0 Å². The molecule has 0 fully saturated rings. The molecule has 0 atom stereocenters. The molecule has 7 heteroatoms. The minimum atomic E-state index is -0.465. The summed E-state index contributed by atoms with van der Waals surface area (Å²) in [5.41, 5.74) is 0.555. The van der Waals surface area contributed by atoms with Gasteiger partial charge >= 0.3 is 5.97 Å². The van der Waals surface area contributed by atoms with E-state index in [0.29, 0.717) is 5.69 Å². The Balaban J connectivity index is 2.36. The van der Waals surface area contributed by atoms with Crippen LogP contribution in [-0.2, 0) is 14.3 Å². The average Bonchev–Trinajstić information content (AvgIpc) is 2.38. The molecule has 0 unspecified atom stereocenters. The van der Waals surface area contributed by atoms with Gasteiger partial charge in [-0.1, -0.05) is 0 Å². The molecule has 1 aromatic carbocycles. The van der Waals surface area contributed by atoms with E-state index in [1.54, 1.807) is 0 Å². The maximum Gasteiger partial charge on any atom is 0.306 e. The second kappa shape index (κ2) is 7.42. The van der Waals surface area contributed by atoms with Crippen LogP contribution >= 0.6 is 12.2 Å². The number of nitrogens with one attached hydrogen (secondary N) is 2. The highest BCUT2D eigenvalue weighted by atomic mass is 32.1. The molecule has 102 valence electrons. The molecule has 0 aliphatic heterocycles. The van der Waals surface area contributed by atoms with Crippen molar-refractivity contribution >= 4 is 34.9 Å². The van der Waals surface area contributed by atoms with Gasteiger partial charge in [0, 0.05) is 12.1 Å². The normalized spacial score (nSPS) is 9.58. The van der Waals surface area contributed by atoms with Crippen molar-refractivity contribution in [1.29, 1.82) is 0 Å². The monoisotopic (exact) mass is 284 g/mol. The zero-order chi connectivity index (χ0) is 14.3. The number of carbonyl (C=O) groups is 2. The average molecular weight is 284 g/mol. The summed E-state index contributed by atoms with van der Waals surface area (Å²) < 4.78 is 17.1. The van der Waals surface area contributed by atoms with Crippen molar-refractivity contribution in [2.75, 3.05) is 12.4 Å². The molecule has 0 spiro atoms. The number of carbonyl (C=O) groups excluding carboxylic acids is 2. The van der Waals surface area contributed by atoms with E-state index in [0.717, 1.165) is 0 Å². The number of benzene rings is 1. The molecule has 1 rings (SSSR count). The van der Waals surface area contributed by atoms with Crippen LogP contribution in [-0.4, -0.2) is 24.1 Å². The molecule has 0 aliphatic rings. The van der Waals surface area contributed by atoms with E-state index in [2.05, 4.69) is 15.4 Å². The zero-order valence-electron chi connectivity index (χ0n) is 10.2. The second-order valence-corrected chi connectivity index (χ2v) is 3.99. The Morgan fingerprint density at radius 3 is 2.47 bits per heavy atom. The van der Waals surface area contributed by atoms with E-state index < -0.39 is 11.9 Å². The summed E-state index contributed by atoms with van der Waals surface area (Å²) in [4.78, 5) is 22.3. The molecule has 19 heavy (non-hydrogen) atoms. The topological polar surface area (TPSA) is 67.4 Å². The van der Waals surface area contributed by atoms with Crippen LogP contribution in [0.3, 0.4) is 0 Å². The van der Waals surface area contributed by atoms with Crippen molar-refractivity contribution in [3.8, 4) is 0 Å². The van der Waals surface area contributed by atoms with Gasteiger partial charge in [-0.15, -0.1) is 0 Å². The number of rotatable bonds is 4. The van der Waals surface area contributed by atoms with Crippen molar-refractivity contribution in [2.24, 2.45) is 0 Å². The number of methoxy groups -OCH3 is 1. The van der Waals surface area contributed by atoms with Crippen LogP contribution in [0.5, 0.6) is 0 Å². The fourth-order valence-electron chi connectivity index (χ4n) is 1.20. The molecule has 0 saturated heterocycles. The molecule has 1 aromatic rings. The number of thiocarbonyl (C=S) groups is 1. The molecular weight excluding hydrogens is 271 g/mol. The fourth-order valence-corrected chi connectivity index (χ4v) is 1.43. The van der Waals surface area contributed by atoms with Crippen LogP contribution < -0.4 is 10.6 Å². The van der Waals surface area contributed by atoms with E-state index in [1.807, 2.05) is 0 Å². The molecule has 0 aliphatic carbocycles. The highest BCUT2D eigenvalue weighted by Crippen LogP contribution is 2.07. The molecule has 2 N–H and O–H groups in total. The van der Waals surface area contributed by atoms with Crippen LogP contribution in [0.1, 0.15) is 12.8 Å². The third-order valence-electron chi connectivity index (χ3n) is 2.14. The smallest absolute Gasteiger partial charge is 0.306 e. The first kappa shape index (κ1) is 15.0. The quantitative estimate of drug-likeness (QED) is 0.649. The predicted octanol–water partition coefficient (Wildman–Crippen LogP) is 1.59. The zero-order valence-corrected chi connectivity index (χ0v) is 11.1. The van der Waals surface area contributed by atoms with Crippen molar-refractivity contribution < 1.29 is 18.7 Å². The van der Waals surface area contributed by atoms with Gasteiger partial charge in [-0.3, -0.25) is 9.59 Å². The molecule has 0 radical (unpaired) electrons. The molecular formula is C12H13FN2O3S. The first-order valence-electron chi connectivity index (χ1n) is 5.44. The van der Waals surface area contributed by atoms with E-state index in [1.165, 1.54) is 31.4 Å².